The molecule has 2 aliphatic carbocycles. The number of aliphatic hydroxyl groups excluding tert-OH is 2. The predicted octanol–water partition coefficient (Wildman–Crippen LogP) is 1.30. The molecule has 0 aromatic carbocycles. The van der Waals surface area contributed by atoms with E-state index in [1.807, 2.05) is 0 Å². The molecule has 2 rings (SSSR count). The molecule has 0 amide bonds. The minimum atomic E-state index is -0.471. The Balaban J connectivity index is 1.63. The molecular formula is C15H29NO3. The molecule has 0 aromatic rings. The van der Waals surface area contributed by atoms with E-state index in [4.69, 9.17) is 4.74 Å². The SMILES string of the molecule is CC1CCC(CO)(NCC(O)COCC2CC2)CC1. The lowest BCUT2D eigenvalue weighted by Crippen LogP contribution is -2.53. The van der Waals surface area contributed by atoms with Crippen molar-refractivity contribution < 1.29 is 14.9 Å². The largest absolute Gasteiger partial charge is 0.394 e. The van der Waals surface area contributed by atoms with Crippen molar-refractivity contribution >= 4 is 0 Å². The lowest BCUT2D eigenvalue weighted by molar-refractivity contribution is 0.0203. The molecule has 1 atom stereocenters. The van der Waals surface area contributed by atoms with Gasteiger partial charge in [-0.1, -0.05) is 6.92 Å². The van der Waals surface area contributed by atoms with Crippen molar-refractivity contribution in [1.82, 2.24) is 5.32 Å². The van der Waals surface area contributed by atoms with Gasteiger partial charge in [0.15, 0.2) is 0 Å². The molecule has 3 N–H and O–H groups in total. The van der Waals surface area contributed by atoms with Crippen LogP contribution >= 0.6 is 0 Å². The number of hydrogen-bond acceptors (Lipinski definition) is 4. The Morgan fingerprint density at radius 2 is 1.95 bits per heavy atom. The van der Waals surface area contributed by atoms with Crippen LogP contribution in [0.1, 0.15) is 45.4 Å². The molecule has 0 spiro atoms. The highest BCUT2D eigenvalue weighted by atomic mass is 16.5. The lowest BCUT2D eigenvalue weighted by atomic mass is 9.77. The normalized spacial score (nSPS) is 33.3. The number of nitrogens with one attached hydrogen (secondary N) is 1. The zero-order chi connectivity index (χ0) is 13.7. The first-order chi connectivity index (χ1) is 9.13. The van der Waals surface area contributed by atoms with Crippen molar-refractivity contribution in [2.75, 3.05) is 26.4 Å². The van der Waals surface area contributed by atoms with Crippen LogP contribution in [0.5, 0.6) is 0 Å². The first kappa shape index (κ1) is 15.2. The van der Waals surface area contributed by atoms with Crippen LogP contribution in [0.15, 0.2) is 0 Å². The molecule has 1 unspecified atom stereocenters. The Kier molecular flexibility index (Phi) is 5.63. The van der Waals surface area contributed by atoms with Crippen molar-refractivity contribution in [1.29, 1.82) is 0 Å². The summed E-state index contributed by atoms with van der Waals surface area (Å²) in [7, 11) is 0. The monoisotopic (exact) mass is 271 g/mol. The summed E-state index contributed by atoms with van der Waals surface area (Å²) in [4.78, 5) is 0. The van der Waals surface area contributed by atoms with E-state index >= 15 is 0 Å². The maximum absolute atomic E-state index is 9.91. The fourth-order valence-corrected chi connectivity index (χ4v) is 2.75. The third-order valence-corrected chi connectivity index (χ3v) is 4.61. The van der Waals surface area contributed by atoms with Gasteiger partial charge >= 0.3 is 0 Å². The van der Waals surface area contributed by atoms with E-state index < -0.39 is 6.10 Å². The van der Waals surface area contributed by atoms with Crippen LogP contribution in [-0.2, 0) is 4.74 Å². The molecule has 0 heterocycles. The Bertz CT molecular complexity index is 260. The van der Waals surface area contributed by atoms with Crippen LogP contribution in [-0.4, -0.2) is 48.2 Å². The molecule has 0 radical (unpaired) electrons. The van der Waals surface area contributed by atoms with Gasteiger partial charge in [0.05, 0.1) is 19.3 Å². The Morgan fingerprint density at radius 3 is 2.53 bits per heavy atom. The molecule has 4 heteroatoms. The topological polar surface area (TPSA) is 61.7 Å². The van der Waals surface area contributed by atoms with Gasteiger partial charge in [0.2, 0.25) is 0 Å². The van der Waals surface area contributed by atoms with Gasteiger partial charge in [0.1, 0.15) is 0 Å². The molecule has 0 aromatic heterocycles. The van der Waals surface area contributed by atoms with Crippen LogP contribution < -0.4 is 5.32 Å². The highest BCUT2D eigenvalue weighted by Gasteiger charge is 2.33. The average molecular weight is 271 g/mol. The van der Waals surface area contributed by atoms with Crippen molar-refractivity contribution in [2.24, 2.45) is 11.8 Å². The molecular weight excluding hydrogens is 242 g/mol. The first-order valence-corrected chi connectivity index (χ1v) is 7.75. The lowest BCUT2D eigenvalue weighted by Gasteiger charge is -2.39. The van der Waals surface area contributed by atoms with Crippen molar-refractivity contribution in [3.63, 3.8) is 0 Å². The zero-order valence-electron chi connectivity index (χ0n) is 12.1. The molecule has 0 saturated heterocycles. The Morgan fingerprint density at radius 1 is 1.26 bits per heavy atom. The maximum Gasteiger partial charge on any atom is 0.0897 e. The first-order valence-electron chi connectivity index (χ1n) is 7.75. The van der Waals surface area contributed by atoms with E-state index in [-0.39, 0.29) is 12.1 Å². The average Bonchev–Trinajstić information content (AvgIpc) is 3.23. The summed E-state index contributed by atoms with van der Waals surface area (Å²) < 4.78 is 5.49. The van der Waals surface area contributed by atoms with E-state index in [1.54, 1.807) is 0 Å². The standard InChI is InChI=1S/C15H29NO3/c1-12-4-6-15(11-17,7-5-12)16-8-14(18)10-19-9-13-2-3-13/h12-14,16-18H,2-11H2,1H3. The predicted molar refractivity (Wildman–Crippen MR) is 75.0 cm³/mol. The molecule has 2 aliphatic rings. The number of β-amino-alcohol motifs (C(OH)–C–C–N with tert-alkyl or cyclic N) is 1. The quantitative estimate of drug-likeness (QED) is 0.623. The van der Waals surface area contributed by atoms with Crippen molar-refractivity contribution in [3.8, 4) is 0 Å². The van der Waals surface area contributed by atoms with Crippen LogP contribution in [0.4, 0.5) is 0 Å². The van der Waals surface area contributed by atoms with Crippen molar-refractivity contribution in [2.45, 2.75) is 57.1 Å². The van der Waals surface area contributed by atoms with Gasteiger partial charge in [0.25, 0.3) is 0 Å². The molecule has 19 heavy (non-hydrogen) atoms. The second-order valence-corrected chi connectivity index (χ2v) is 6.64. The summed E-state index contributed by atoms with van der Waals surface area (Å²) in [6.07, 6.45) is 6.39. The van der Waals surface area contributed by atoms with E-state index in [0.29, 0.717) is 13.2 Å². The van der Waals surface area contributed by atoms with Gasteiger partial charge in [0, 0.05) is 18.7 Å². The van der Waals surface area contributed by atoms with Crippen LogP contribution in [0.25, 0.3) is 0 Å². The van der Waals surface area contributed by atoms with Crippen LogP contribution in [0, 0.1) is 11.8 Å². The van der Waals surface area contributed by atoms with Crippen molar-refractivity contribution in [3.05, 3.63) is 0 Å². The van der Waals surface area contributed by atoms with Gasteiger partial charge in [-0.3, -0.25) is 0 Å². The van der Waals surface area contributed by atoms with Crippen LogP contribution in [0.3, 0.4) is 0 Å². The summed E-state index contributed by atoms with van der Waals surface area (Å²) >= 11 is 0. The van der Waals surface area contributed by atoms with E-state index in [0.717, 1.165) is 44.1 Å². The molecule has 0 bridgehead atoms. The minimum absolute atomic E-state index is 0.162. The van der Waals surface area contributed by atoms with E-state index in [1.165, 1.54) is 12.8 Å². The van der Waals surface area contributed by atoms with Gasteiger partial charge < -0.3 is 20.3 Å². The fourth-order valence-electron chi connectivity index (χ4n) is 2.75. The maximum atomic E-state index is 9.91. The van der Waals surface area contributed by atoms with E-state index in [9.17, 15) is 10.2 Å². The molecule has 112 valence electrons. The van der Waals surface area contributed by atoms with Crippen LogP contribution in [0.2, 0.25) is 0 Å². The summed E-state index contributed by atoms with van der Waals surface area (Å²) in [6, 6.07) is 0. The third-order valence-electron chi connectivity index (χ3n) is 4.61. The van der Waals surface area contributed by atoms with Gasteiger partial charge in [-0.15, -0.1) is 0 Å². The fraction of sp³-hybridized carbons (Fsp3) is 1.00. The highest BCUT2D eigenvalue weighted by molar-refractivity contribution is 4.92. The second kappa shape index (κ2) is 7.02. The summed E-state index contributed by atoms with van der Waals surface area (Å²) in [5.41, 5.74) is -0.177. The minimum Gasteiger partial charge on any atom is -0.394 e. The number of rotatable bonds is 8. The number of ether oxygens (including phenoxy) is 1. The second-order valence-electron chi connectivity index (χ2n) is 6.64. The molecule has 2 fully saturated rings. The van der Waals surface area contributed by atoms with Gasteiger partial charge in [-0.05, 0) is 50.4 Å². The highest BCUT2D eigenvalue weighted by Crippen LogP contribution is 2.31. The number of aliphatic hydroxyl groups is 2. The summed E-state index contributed by atoms with van der Waals surface area (Å²) in [5, 5.41) is 22.9. The molecule has 0 aliphatic heterocycles. The van der Waals surface area contributed by atoms with Gasteiger partial charge in [-0.25, -0.2) is 0 Å². The number of hydrogen-bond donors (Lipinski definition) is 3. The van der Waals surface area contributed by atoms with E-state index in [2.05, 4.69) is 12.2 Å². The third kappa shape index (κ3) is 5.03. The molecule has 2 saturated carbocycles. The summed E-state index contributed by atoms with van der Waals surface area (Å²) in [6.45, 7) is 4.14. The molecule has 4 nitrogen and oxygen atoms in total. The van der Waals surface area contributed by atoms with Gasteiger partial charge in [-0.2, -0.15) is 0 Å². The summed E-state index contributed by atoms with van der Waals surface area (Å²) in [5.74, 6) is 1.50. The Hall–Kier alpha value is -0.160. The Labute approximate surface area is 116 Å². The smallest absolute Gasteiger partial charge is 0.0897 e. The zero-order valence-corrected chi connectivity index (χ0v) is 12.1.